The highest BCUT2D eigenvalue weighted by molar-refractivity contribution is 5.94. The molecule has 0 spiro atoms. The molecular formula is C20H23N3O3. The van der Waals surface area contributed by atoms with Gasteiger partial charge >= 0.3 is 0 Å². The molecule has 1 heterocycles. The molecule has 1 amide bonds. The summed E-state index contributed by atoms with van der Waals surface area (Å²) in [6.07, 6.45) is 1.12. The molecule has 2 aromatic carbocycles. The highest BCUT2D eigenvalue weighted by Crippen LogP contribution is 2.20. The van der Waals surface area contributed by atoms with Crippen LogP contribution in [0.25, 0.3) is 0 Å². The normalized spacial score (nSPS) is 17.3. The lowest BCUT2D eigenvalue weighted by atomic mass is 10.1. The molecule has 0 bridgehead atoms. The van der Waals surface area contributed by atoms with E-state index in [9.17, 15) is 4.79 Å². The summed E-state index contributed by atoms with van der Waals surface area (Å²) < 4.78 is 10.5. The standard InChI is InChI=1S/C20H23N3O3/c1-25-18(15-5-3-2-4-6-15)19(24)22-16-10-7-14(8-11-16)9-12-17-13-26-20(21)23-17/h2-8,10-11,17-18H,9,12-13H2,1H3,(H2,21,23)(H,22,24)/t17?,18-/m1/s1. The number of aryl methyl sites for hydroxylation is 1. The molecule has 1 aliphatic heterocycles. The molecular weight excluding hydrogens is 330 g/mol. The highest BCUT2D eigenvalue weighted by Gasteiger charge is 2.20. The molecule has 136 valence electrons. The molecule has 0 saturated heterocycles. The molecule has 2 aromatic rings. The van der Waals surface area contributed by atoms with Gasteiger partial charge in [-0.1, -0.05) is 42.5 Å². The summed E-state index contributed by atoms with van der Waals surface area (Å²) in [6.45, 7) is 0.553. The first-order valence-corrected chi connectivity index (χ1v) is 8.59. The van der Waals surface area contributed by atoms with Gasteiger partial charge in [-0.15, -0.1) is 0 Å². The molecule has 26 heavy (non-hydrogen) atoms. The van der Waals surface area contributed by atoms with E-state index < -0.39 is 6.10 Å². The maximum atomic E-state index is 12.5. The Labute approximate surface area is 153 Å². The maximum absolute atomic E-state index is 12.5. The smallest absolute Gasteiger partial charge is 0.282 e. The zero-order valence-electron chi connectivity index (χ0n) is 14.7. The first-order valence-electron chi connectivity index (χ1n) is 8.59. The lowest BCUT2D eigenvalue weighted by molar-refractivity contribution is -0.126. The van der Waals surface area contributed by atoms with Crippen molar-refractivity contribution in [3.63, 3.8) is 0 Å². The van der Waals surface area contributed by atoms with Crippen LogP contribution >= 0.6 is 0 Å². The number of benzene rings is 2. The molecule has 1 unspecified atom stereocenters. The van der Waals surface area contributed by atoms with Crippen LogP contribution in [0.15, 0.2) is 59.6 Å². The third-order valence-electron chi connectivity index (χ3n) is 4.30. The van der Waals surface area contributed by atoms with E-state index in [1.807, 2.05) is 54.6 Å². The first kappa shape index (κ1) is 17.9. The van der Waals surface area contributed by atoms with E-state index >= 15 is 0 Å². The SMILES string of the molecule is CO[C@@H](C(=O)Nc1ccc(CCC2COC(N)=N2)cc1)c1ccccc1. The van der Waals surface area contributed by atoms with Crippen LogP contribution in [0.2, 0.25) is 0 Å². The number of carbonyl (C=O) groups is 1. The van der Waals surface area contributed by atoms with Crippen LogP contribution in [0.4, 0.5) is 5.69 Å². The Bertz CT molecular complexity index is 760. The number of anilines is 1. The second kappa shape index (κ2) is 8.49. The number of aliphatic imine (C=N–C) groups is 1. The Balaban J connectivity index is 1.55. The van der Waals surface area contributed by atoms with Crippen LogP contribution in [-0.2, 0) is 20.7 Å². The Morgan fingerprint density at radius 3 is 2.62 bits per heavy atom. The number of rotatable bonds is 7. The van der Waals surface area contributed by atoms with E-state index in [2.05, 4.69) is 10.3 Å². The van der Waals surface area contributed by atoms with Gasteiger partial charge in [0.25, 0.3) is 11.9 Å². The van der Waals surface area contributed by atoms with E-state index in [-0.39, 0.29) is 18.0 Å². The molecule has 0 saturated carbocycles. The minimum absolute atomic E-state index is 0.128. The second-order valence-corrected chi connectivity index (χ2v) is 6.18. The highest BCUT2D eigenvalue weighted by atomic mass is 16.5. The second-order valence-electron chi connectivity index (χ2n) is 6.18. The molecule has 2 atom stereocenters. The van der Waals surface area contributed by atoms with Crippen LogP contribution in [-0.4, -0.2) is 31.7 Å². The van der Waals surface area contributed by atoms with Gasteiger partial charge in [0.2, 0.25) is 0 Å². The average Bonchev–Trinajstić information content (AvgIpc) is 3.08. The largest absolute Gasteiger partial charge is 0.463 e. The van der Waals surface area contributed by atoms with Gasteiger partial charge in [-0.3, -0.25) is 4.79 Å². The quantitative estimate of drug-likeness (QED) is 0.801. The fourth-order valence-corrected chi connectivity index (χ4v) is 2.90. The lowest BCUT2D eigenvalue weighted by Crippen LogP contribution is -2.22. The summed E-state index contributed by atoms with van der Waals surface area (Å²) in [5.41, 5.74) is 8.25. The molecule has 0 radical (unpaired) electrons. The first-order chi connectivity index (χ1) is 12.7. The molecule has 1 aliphatic rings. The van der Waals surface area contributed by atoms with Gasteiger partial charge in [0.1, 0.15) is 6.61 Å². The van der Waals surface area contributed by atoms with Crippen molar-refractivity contribution in [3.8, 4) is 0 Å². The van der Waals surface area contributed by atoms with Crippen LogP contribution in [0.3, 0.4) is 0 Å². The summed E-state index contributed by atoms with van der Waals surface area (Å²) in [5.74, 6) is -0.195. The summed E-state index contributed by atoms with van der Waals surface area (Å²) in [5, 5.41) is 2.90. The van der Waals surface area contributed by atoms with Crippen molar-refractivity contribution in [2.24, 2.45) is 10.7 Å². The van der Waals surface area contributed by atoms with Crippen molar-refractivity contribution in [2.75, 3.05) is 19.0 Å². The zero-order chi connectivity index (χ0) is 18.4. The van der Waals surface area contributed by atoms with E-state index in [1.165, 1.54) is 12.7 Å². The number of hydrogen-bond donors (Lipinski definition) is 2. The number of nitrogens with zero attached hydrogens (tertiary/aromatic N) is 1. The Kier molecular flexibility index (Phi) is 5.86. The van der Waals surface area contributed by atoms with Crippen LogP contribution in [0.1, 0.15) is 23.7 Å². The predicted octanol–water partition coefficient (Wildman–Crippen LogP) is 2.66. The van der Waals surface area contributed by atoms with E-state index in [0.29, 0.717) is 6.61 Å². The predicted molar refractivity (Wildman–Crippen MR) is 101 cm³/mol. The van der Waals surface area contributed by atoms with Crippen molar-refractivity contribution < 1.29 is 14.3 Å². The van der Waals surface area contributed by atoms with Crippen LogP contribution in [0, 0.1) is 0 Å². The van der Waals surface area contributed by atoms with E-state index in [1.54, 1.807) is 0 Å². The Morgan fingerprint density at radius 1 is 1.27 bits per heavy atom. The summed E-state index contributed by atoms with van der Waals surface area (Å²) >= 11 is 0. The average molecular weight is 353 g/mol. The van der Waals surface area contributed by atoms with Gasteiger partial charge in [-0.25, -0.2) is 4.99 Å². The van der Waals surface area contributed by atoms with Gasteiger partial charge in [0, 0.05) is 12.8 Å². The van der Waals surface area contributed by atoms with Crippen molar-refractivity contribution in [3.05, 3.63) is 65.7 Å². The third-order valence-corrected chi connectivity index (χ3v) is 4.30. The number of nitrogens with one attached hydrogen (secondary N) is 1. The van der Waals surface area contributed by atoms with Crippen LogP contribution < -0.4 is 11.1 Å². The number of ether oxygens (including phenoxy) is 2. The molecule has 6 nitrogen and oxygen atoms in total. The molecule has 0 aliphatic carbocycles. The molecule has 3 N–H and O–H groups in total. The Morgan fingerprint density at radius 2 is 2.00 bits per heavy atom. The van der Waals surface area contributed by atoms with E-state index in [0.717, 1.165) is 24.1 Å². The van der Waals surface area contributed by atoms with Gasteiger partial charge in [-0.05, 0) is 36.1 Å². The van der Waals surface area contributed by atoms with Gasteiger partial charge in [0.05, 0.1) is 6.04 Å². The van der Waals surface area contributed by atoms with E-state index in [4.69, 9.17) is 15.2 Å². The monoisotopic (exact) mass is 353 g/mol. The maximum Gasteiger partial charge on any atom is 0.282 e. The molecule has 0 aromatic heterocycles. The number of nitrogens with two attached hydrogens (primary N) is 1. The van der Waals surface area contributed by atoms with Crippen molar-refractivity contribution in [1.82, 2.24) is 0 Å². The van der Waals surface area contributed by atoms with Crippen molar-refractivity contribution in [1.29, 1.82) is 0 Å². The van der Waals surface area contributed by atoms with Crippen molar-refractivity contribution in [2.45, 2.75) is 25.0 Å². The van der Waals surface area contributed by atoms with Crippen molar-refractivity contribution >= 4 is 17.6 Å². The van der Waals surface area contributed by atoms with Gasteiger partial charge in [-0.2, -0.15) is 0 Å². The molecule has 6 heteroatoms. The minimum Gasteiger partial charge on any atom is -0.463 e. The minimum atomic E-state index is -0.637. The topological polar surface area (TPSA) is 85.9 Å². The summed E-state index contributed by atoms with van der Waals surface area (Å²) in [7, 11) is 1.53. The molecule has 0 fully saturated rings. The fraction of sp³-hybridized carbons (Fsp3) is 0.300. The summed E-state index contributed by atoms with van der Waals surface area (Å²) in [4.78, 5) is 16.7. The summed E-state index contributed by atoms with van der Waals surface area (Å²) in [6, 6.07) is 17.6. The number of amides is 1. The number of hydrogen-bond acceptors (Lipinski definition) is 5. The van der Waals surface area contributed by atoms with Crippen LogP contribution in [0.5, 0.6) is 0 Å². The number of carbonyl (C=O) groups excluding carboxylic acids is 1. The zero-order valence-corrected chi connectivity index (χ0v) is 14.7. The molecule has 3 rings (SSSR count). The third kappa shape index (κ3) is 4.61. The lowest BCUT2D eigenvalue weighted by Gasteiger charge is -2.16. The fourth-order valence-electron chi connectivity index (χ4n) is 2.90. The number of methoxy groups -OCH3 is 1. The number of amidine groups is 1. The Hall–Kier alpha value is -2.86. The van der Waals surface area contributed by atoms with Gasteiger partial charge < -0.3 is 20.5 Å². The van der Waals surface area contributed by atoms with Gasteiger partial charge in [0.15, 0.2) is 6.10 Å².